The Hall–Kier alpha value is -3.61. The van der Waals surface area contributed by atoms with Crippen LogP contribution in [-0.4, -0.2) is 51.3 Å². The lowest BCUT2D eigenvalue weighted by atomic mass is 10.1. The first-order chi connectivity index (χ1) is 15.0. The maximum Gasteiger partial charge on any atom is 0.257 e. The number of piperazine rings is 1. The molecule has 1 fully saturated rings. The number of amides is 1. The molecular formula is C22H23ClN8O. The van der Waals surface area contributed by atoms with Gasteiger partial charge in [0.2, 0.25) is 0 Å². The number of fused-ring (bicyclic) bond motifs is 2. The van der Waals surface area contributed by atoms with E-state index in [1.165, 1.54) is 0 Å². The number of hydrogen-bond donors (Lipinski definition) is 2. The van der Waals surface area contributed by atoms with Gasteiger partial charge in [-0.05, 0) is 25.1 Å². The van der Waals surface area contributed by atoms with Crippen molar-refractivity contribution in [3.63, 3.8) is 0 Å². The quantitative estimate of drug-likeness (QED) is 0.497. The van der Waals surface area contributed by atoms with Gasteiger partial charge in [-0.1, -0.05) is 0 Å². The Morgan fingerprint density at radius 3 is 2.75 bits per heavy atom. The minimum atomic E-state index is -0.268. The average molecular weight is 451 g/mol. The molecule has 2 N–H and O–H groups in total. The highest BCUT2D eigenvalue weighted by molar-refractivity contribution is 6.14. The summed E-state index contributed by atoms with van der Waals surface area (Å²) in [4.78, 5) is 19.9. The molecule has 10 heteroatoms. The van der Waals surface area contributed by atoms with Gasteiger partial charge in [-0.25, -0.2) is 4.98 Å². The van der Waals surface area contributed by atoms with Gasteiger partial charge in [0.25, 0.3) is 5.91 Å². The van der Waals surface area contributed by atoms with E-state index in [0.717, 1.165) is 42.9 Å². The summed E-state index contributed by atoms with van der Waals surface area (Å²) in [6.07, 6.45) is 5.54. The molecule has 32 heavy (non-hydrogen) atoms. The predicted octanol–water partition coefficient (Wildman–Crippen LogP) is 2.48. The fourth-order valence-electron chi connectivity index (χ4n) is 4.14. The van der Waals surface area contributed by atoms with E-state index in [0.29, 0.717) is 28.0 Å². The summed E-state index contributed by atoms with van der Waals surface area (Å²) >= 11 is 0. The Morgan fingerprint density at radius 1 is 1.22 bits per heavy atom. The fraction of sp³-hybridized carbons (Fsp3) is 0.273. The average Bonchev–Trinajstić information content (AvgIpc) is 3.34. The second-order valence-corrected chi connectivity index (χ2v) is 7.76. The molecule has 4 heterocycles. The van der Waals surface area contributed by atoms with Crippen LogP contribution in [0.25, 0.3) is 16.6 Å². The summed E-state index contributed by atoms with van der Waals surface area (Å²) in [5.74, 6) is -0.268. The topological polar surface area (TPSA) is 103 Å². The smallest absolute Gasteiger partial charge is 0.257 e. The van der Waals surface area contributed by atoms with E-state index in [-0.39, 0.29) is 18.3 Å². The SMILES string of the molecule is Cc1cn2cc(NC(=O)c3ccc(N4CCNCC4)c4cn(C)nc34)cc(C#N)c2n1.Cl. The van der Waals surface area contributed by atoms with Crippen molar-refractivity contribution in [1.82, 2.24) is 24.5 Å². The number of anilines is 2. The molecule has 0 bridgehead atoms. The van der Waals surface area contributed by atoms with E-state index in [1.807, 2.05) is 38.5 Å². The van der Waals surface area contributed by atoms with Gasteiger partial charge in [0, 0.05) is 62.9 Å². The first-order valence-corrected chi connectivity index (χ1v) is 10.2. The Balaban J connectivity index is 0.00000245. The molecule has 0 atom stereocenters. The predicted molar refractivity (Wildman–Crippen MR) is 126 cm³/mol. The Kier molecular flexibility index (Phi) is 5.74. The summed E-state index contributed by atoms with van der Waals surface area (Å²) < 4.78 is 3.49. The molecule has 164 valence electrons. The Labute approximate surface area is 191 Å². The Bertz CT molecular complexity index is 1360. The standard InChI is InChI=1S/C22H22N8O.ClH/c1-14-11-30-12-16(9-15(10-23)21(30)25-14)26-22(31)17-3-4-19(29-7-5-24-6-8-29)18-13-28(2)27-20(17)18;/h3-4,9,11-13,24H,5-8H2,1-2H3,(H,26,31);1H. The summed E-state index contributed by atoms with van der Waals surface area (Å²) in [5, 5.41) is 21.3. The van der Waals surface area contributed by atoms with Gasteiger partial charge in [0.05, 0.1) is 22.5 Å². The molecular weight excluding hydrogens is 428 g/mol. The lowest BCUT2D eigenvalue weighted by Gasteiger charge is -2.30. The number of aromatic nitrogens is 4. The van der Waals surface area contributed by atoms with Crippen LogP contribution in [-0.2, 0) is 7.05 Å². The summed E-state index contributed by atoms with van der Waals surface area (Å²) in [7, 11) is 1.86. The molecule has 0 unspecified atom stereocenters. The summed E-state index contributed by atoms with van der Waals surface area (Å²) in [6.45, 7) is 5.56. The van der Waals surface area contributed by atoms with Crippen molar-refractivity contribution in [2.75, 3.05) is 36.4 Å². The van der Waals surface area contributed by atoms with E-state index >= 15 is 0 Å². The molecule has 0 radical (unpaired) electrons. The molecule has 0 aliphatic carbocycles. The second-order valence-electron chi connectivity index (χ2n) is 7.76. The van der Waals surface area contributed by atoms with Crippen molar-refractivity contribution < 1.29 is 4.79 Å². The minimum Gasteiger partial charge on any atom is -0.368 e. The number of carbonyl (C=O) groups excluding carboxylic acids is 1. The molecule has 1 aromatic carbocycles. The minimum absolute atomic E-state index is 0. The van der Waals surface area contributed by atoms with Crippen LogP contribution >= 0.6 is 12.4 Å². The van der Waals surface area contributed by atoms with Gasteiger partial charge < -0.3 is 19.9 Å². The maximum absolute atomic E-state index is 13.2. The van der Waals surface area contributed by atoms with E-state index in [9.17, 15) is 10.1 Å². The van der Waals surface area contributed by atoms with Gasteiger partial charge in [-0.15, -0.1) is 12.4 Å². The molecule has 0 spiro atoms. The molecule has 9 nitrogen and oxygen atoms in total. The number of carbonyl (C=O) groups is 1. The van der Waals surface area contributed by atoms with Gasteiger partial charge >= 0.3 is 0 Å². The van der Waals surface area contributed by atoms with Crippen LogP contribution in [0.3, 0.4) is 0 Å². The second kappa shape index (κ2) is 8.49. The third-order valence-corrected chi connectivity index (χ3v) is 5.52. The van der Waals surface area contributed by atoms with Crippen molar-refractivity contribution in [1.29, 1.82) is 5.26 Å². The molecule has 3 aromatic heterocycles. The van der Waals surface area contributed by atoms with Crippen LogP contribution in [0.5, 0.6) is 0 Å². The number of nitrogens with one attached hydrogen (secondary N) is 2. The fourth-order valence-corrected chi connectivity index (χ4v) is 4.14. The van der Waals surface area contributed by atoms with Crippen LogP contribution < -0.4 is 15.5 Å². The number of benzene rings is 1. The van der Waals surface area contributed by atoms with Crippen molar-refractivity contribution in [2.45, 2.75) is 6.92 Å². The number of nitrogens with zero attached hydrogens (tertiary/aromatic N) is 6. The van der Waals surface area contributed by atoms with Crippen molar-refractivity contribution in [3.05, 3.63) is 53.6 Å². The zero-order valence-electron chi connectivity index (χ0n) is 17.8. The molecule has 0 saturated carbocycles. The molecule has 5 rings (SSSR count). The highest BCUT2D eigenvalue weighted by atomic mass is 35.5. The van der Waals surface area contributed by atoms with Crippen LogP contribution in [0, 0.1) is 18.3 Å². The number of halogens is 1. The first-order valence-electron chi connectivity index (χ1n) is 10.2. The molecule has 1 aliphatic rings. The highest BCUT2D eigenvalue weighted by Crippen LogP contribution is 2.30. The number of imidazole rings is 1. The van der Waals surface area contributed by atoms with Gasteiger partial charge in [0.15, 0.2) is 5.65 Å². The third kappa shape index (κ3) is 3.75. The van der Waals surface area contributed by atoms with Crippen LogP contribution in [0.1, 0.15) is 21.6 Å². The summed E-state index contributed by atoms with van der Waals surface area (Å²) in [5.41, 5.74) is 4.56. The zero-order valence-corrected chi connectivity index (χ0v) is 18.6. The monoisotopic (exact) mass is 450 g/mol. The number of nitriles is 1. The van der Waals surface area contributed by atoms with Crippen molar-refractivity contribution in [3.8, 4) is 6.07 Å². The van der Waals surface area contributed by atoms with E-state index in [4.69, 9.17) is 0 Å². The molecule has 1 saturated heterocycles. The molecule has 1 aliphatic heterocycles. The number of hydrogen-bond acceptors (Lipinski definition) is 6. The number of rotatable bonds is 3. The van der Waals surface area contributed by atoms with E-state index in [2.05, 4.69) is 31.7 Å². The highest BCUT2D eigenvalue weighted by Gasteiger charge is 2.20. The Morgan fingerprint density at radius 2 is 2.00 bits per heavy atom. The van der Waals surface area contributed by atoms with Crippen molar-refractivity contribution >= 4 is 46.2 Å². The van der Waals surface area contributed by atoms with Crippen LogP contribution in [0.15, 0.2) is 36.8 Å². The van der Waals surface area contributed by atoms with Gasteiger partial charge in [0.1, 0.15) is 11.6 Å². The lowest BCUT2D eigenvalue weighted by Crippen LogP contribution is -2.43. The summed E-state index contributed by atoms with van der Waals surface area (Å²) in [6, 6.07) is 7.62. The van der Waals surface area contributed by atoms with Gasteiger partial charge in [-0.3, -0.25) is 9.48 Å². The zero-order chi connectivity index (χ0) is 21.5. The van der Waals surface area contributed by atoms with Crippen LogP contribution in [0.4, 0.5) is 11.4 Å². The first kappa shape index (κ1) is 21.6. The van der Waals surface area contributed by atoms with Gasteiger partial charge in [-0.2, -0.15) is 10.4 Å². The molecule has 4 aromatic rings. The van der Waals surface area contributed by atoms with Crippen molar-refractivity contribution in [2.24, 2.45) is 7.05 Å². The third-order valence-electron chi connectivity index (χ3n) is 5.52. The number of aryl methyl sites for hydroxylation is 2. The van der Waals surface area contributed by atoms with E-state index < -0.39 is 0 Å². The van der Waals surface area contributed by atoms with E-state index in [1.54, 1.807) is 21.3 Å². The maximum atomic E-state index is 13.2. The number of pyridine rings is 1. The van der Waals surface area contributed by atoms with Crippen LogP contribution in [0.2, 0.25) is 0 Å². The largest absolute Gasteiger partial charge is 0.368 e. The normalized spacial score (nSPS) is 13.7. The lowest BCUT2D eigenvalue weighted by molar-refractivity contribution is 0.102. The molecule has 1 amide bonds.